The zero-order valence-corrected chi connectivity index (χ0v) is 76.8. The lowest BCUT2D eigenvalue weighted by Gasteiger charge is -2.11. The van der Waals surface area contributed by atoms with Gasteiger partial charge in [-0.25, -0.2) is 9.97 Å². The topological polar surface area (TPSA) is 57.4 Å². The molecule has 642 valence electrons. The Morgan fingerprint density at radius 1 is 0.152 bits per heavy atom. The Labute approximate surface area is 698 Å². The number of rotatable bonds is 80. The Kier molecular flexibility index (Phi) is 61.6. The van der Waals surface area contributed by atoms with Crippen LogP contribution in [0.2, 0.25) is 0 Å². The second-order valence-corrected chi connectivity index (χ2v) is 36.7. The fraction of sp³-hybridized carbons (Fsp3) is 0.815. The van der Waals surface area contributed by atoms with E-state index in [2.05, 4.69) is 89.6 Å². The maximum absolute atomic E-state index is 6.20. The van der Waals surface area contributed by atoms with E-state index >= 15 is 0 Å². The Morgan fingerprint density at radius 2 is 0.286 bits per heavy atom. The van der Waals surface area contributed by atoms with E-state index < -0.39 is 0 Å². The number of unbranched alkanes of at least 4 members (excludes halogenated alkanes) is 64. The minimum absolute atomic E-state index is 1.13. The zero-order valence-electron chi connectivity index (χ0n) is 76.8. The summed E-state index contributed by atoms with van der Waals surface area (Å²) in [5, 5.41) is 0. The second kappa shape index (κ2) is 69.5. The Bertz CT molecular complexity index is 2750. The molecule has 2 aliphatic heterocycles. The van der Waals surface area contributed by atoms with E-state index in [9.17, 15) is 0 Å². The molecule has 0 amide bonds. The first-order valence-electron chi connectivity index (χ1n) is 51.7. The van der Waals surface area contributed by atoms with Crippen molar-refractivity contribution in [3.8, 4) is 0 Å². The van der Waals surface area contributed by atoms with E-state index in [-0.39, 0.29) is 0 Å². The van der Waals surface area contributed by atoms with Gasteiger partial charge in [0.1, 0.15) is 0 Å². The Balaban J connectivity index is 1.87. The fourth-order valence-corrected chi connectivity index (χ4v) is 19.1. The van der Waals surface area contributed by atoms with Crippen molar-refractivity contribution in [2.45, 2.75) is 569 Å². The molecule has 2 aliphatic rings. The zero-order chi connectivity index (χ0) is 79.5. The largest absolute Gasteiger partial charge is 0.355 e. The van der Waals surface area contributed by atoms with Gasteiger partial charge in [0.15, 0.2) is 0 Å². The molecule has 5 rings (SSSR count). The molecule has 0 fully saturated rings. The van der Waals surface area contributed by atoms with Crippen LogP contribution in [0.25, 0.3) is 44.4 Å². The molecule has 3 aromatic heterocycles. The lowest BCUT2D eigenvalue weighted by molar-refractivity contribution is 0.562. The molecule has 0 atom stereocenters. The van der Waals surface area contributed by atoms with E-state index in [4.69, 9.17) is 9.97 Å². The van der Waals surface area contributed by atoms with E-state index in [1.54, 1.807) is 44.5 Å². The van der Waals surface area contributed by atoms with Crippen molar-refractivity contribution in [1.29, 1.82) is 0 Å². The number of nitrogens with zero attached hydrogens (tertiary/aromatic N) is 2. The number of aromatic amines is 2. The van der Waals surface area contributed by atoms with Crippen LogP contribution in [0.3, 0.4) is 0 Å². The molecule has 8 bridgehead atoms. The SMILES string of the molecule is CCCCCCCCCCCC1=C(CCCCCCCCCCC)c2cc3[nH]c(cc4[nH]c(cc5nc(cc1n2)C(CCCCCCCCCCC)=C5CCCCCCCCCCC)c(CCCCCCCCCCC)c4CCCCCCCCCCC)c(CCCCCCCCCCC)c3CCCCCCCCCCC. The molecule has 4 heteroatoms. The van der Waals surface area contributed by atoms with E-state index in [1.165, 1.54) is 507 Å². The summed E-state index contributed by atoms with van der Waals surface area (Å²) >= 11 is 0. The summed E-state index contributed by atoms with van der Waals surface area (Å²) in [5.41, 5.74) is 23.5. The van der Waals surface area contributed by atoms with Gasteiger partial charge >= 0.3 is 0 Å². The highest BCUT2D eigenvalue weighted by atomic mass is 14.8. The first kappa shape index (κ1) is 99.2. The molecule has 0 saturated carbocycles. The van der Waals surface area contributed by atoms with Gasteiger partial charge in [0.05, 0.1) is 22.8 Å². The van der Waals surface area contributed by atoms with Crippen LogP contribution < -0.4 is 0 Å². The summed E-state index contributed by atoms with van der Waals surface area (Å²) in [6.45, 7) is 18.9. The summed E-state index contributed by atoms with van der Waals surface area (Å²) in [6.07, 6.45) is 107. The van der Waals surface area contributed by atoms with Crippen LogP contribution >= 0.6 is 0 Å². The highest BCUT2D eigenvalue weighted by Crippen LogP contribution is 2.43. The highest BCUT2D eigenvalue weighted by molar-refractivity contribution is 5.96. The first-order chi connectivity index (χ1) is 55.5. The maximum Gasteiger partial charge on any atom is 0.0694 e. The minimum Gasteiger partial charge on any atom is -0.355 e. The number of aryl methyl sites for hydroxylation is 4. The van der Waals surface area contributed by atoms with Crippen molar-refractivity contribution in [3.63, 3.8) is 0 Å². The predicted octanol–water partition coefficient (Wildman–Crippen LogP) is 38.1. The van der Waals surface area contributed by atoms with Crippen LogP contribution in [0.4, 0.5) is 0 Å². The number of aromatic nitrogens is 4. The third-order valence-electron chi connectivity index (χ3n) is 26.4. The molecule has 0 unspecified atom stereocenters. The normalized spacial score (nSPS) is 12.6. The monoisotopic (exact) mass is 1540 g/mol. The van der Waals surface area contributed by atoms with Crippen molar-refractivity contribution in [3.05, 3.63) is 69.3 Å². The van der Waals surface area contributed by atoms with Gasteiger partial charge in [0, 0.05) is 22.1 Å². The molecule has 0 spiro atoms. The standard InChI is InChI=1S/C108H190N4/c1-9-17-25-33-41-49-57-65-73-81-93-94(82-74-66-58-50-42-34-26-18-10-2)102-90-104-97(85-77-69-61-53-45-37-29-21-13-5)98(86-78-70-62-54-46-38-30-22-14-6)106(111-104)92-108-100(88-80-72-64-56-48-40-32-24-16-8)99(87-79-71-63-55-47-39-31-23-15-7)107(112-108)91-105-96(84-76-68-60-52-44-36-28-20-12-4)95(103(110-105)89-101(93)109-102)83-75-67-59-51-43-35-27-19-11-3/h89-92,109-110H,9-88H2,1-8H3. The number of fused-ring (bicyclic) bond motifs is 8. The number of H-pyrrole nitrogens is 2. The predicted molar refractivity (Wildman–Crippen MR) is 506 cm³/mol. The van der Waals surface area contributed by atoms with E-state index in [0.29, 0.717) is 0 Å². The van der Waals surface area contributed by atoms with Crippen molar-refractivity contribution >= 4 is 44.4 Å². The molecule has 3 aromatic rings. The summed E-state index contributed by atoms with van der Waals surface area (Å²) in [4.78, 5) is 21.4. The fourth-order valence-electron chi connectivity index (χ4n) is 19.1. The van der Waals surface area contributed by atoms with Gasteiger partial charge in [0.25, 0.3) is 0 Å². The number of nitrogens with one attached hydrogen (secondary N) is 2. The third kappa shape index (κ3) is 43.9. The van der Waals surface area contributed by atoms with Gasteiger partial charge in [-0.05, 0) is 172 Å². The van der Waals surface area contributed by atoms with Gasteiger partial charge < -0.3 is 9.97 Å². The van der Waals surface area contributed by atoms with Gasteiger partial charge in [-0.2, -0.15) is 0 Å². The molecule has 5 heterocycles. The molecule has 0 aromatic carbocycles. The van der Waals surface area contributed by atoms with Crippen LogP contribution in [0.1, 0.15) is 588 Å². The van der Waals surface area contributed by atoms with E-state index in [1.807, 2.05) is 0 Å². The number of hydrogen-bond donors (Lipinski definition) is 2. The highest BCUT2D eigenvalue weighted by Gasteiger charge is 2.26. The quantitative estimate of drug-likeness (QED) is 0.0554. The Hall–Kier alpha value is -3.40. The molecular weight excluding hydrogens is 1350 g/mol. The minimum atomic E-state index is 1.13. The average Bonchev–Trinajstić information content (AvgIpc) is 1.61. The van der Waals surface area contributed by atoms with Crippen LogP contribution in [-0.4, -0.2) is 19.9 Å². The Morgan fingerprint density at radius 3 is 0.455 bits per heavy atom. The molecule has 0 saturated heterocycles. The van der Waals surface area contributed by atoms with Crippen LogP contribution in [0.15, 0.2) is 24.3 Å². The molecule has 4 nitrogen and oxygen atoms in total. The van der Waals surface area contributed by atoms with Crippen molar-refractivity contribution in [1.82, 2.24) is 19.9 Å². The molecular formula is C108H190N4. The first-order valence-corrected chi connectivity index (χ1v) is 51.7. The van der Waals surface area contributed by atoms with Gasteiger partial charge in [-0.1, -0.05) is 466 Å². The summed E-state index contributed by atoms with van der Waals surface area (Å²) < 4.78 is 0. The molecule has 0 aliphatic carbocycles. The van der Waals surface area contributed by atoms with E-state index in [0.717, 1.165) is 51.4 Å². The van der Waals surface area contributed by atoms with Gasteiger partial charge in [-0.15, -0.1) is 0 Å². The summed E-state index contributed by atoms with van der Waals surface area (Å²) in [6, 6.07) is 10.7. The molecule has 0 radical (unpaired) electrons. The molecule has 2 N–H and O–H groups in total. The van der Waals surface area contributed by atoms with Gasteiger partial charge in [-0.3, -0.25) is 0 Å². The summed E-state index contributed by atoms with van der Waals surface area (Å²) in [5.74, 6) is 0. The number of allylic oxidation sites excluding steroid dienone is 4. The van der Waals surface area contributed by atoms with Crippen LogP contribution in [0.5, 0.6) is 0 Å². The average molecular weight is 1540 g/mol. The third-order valence-corrected chi connectivity index (χ3v) is 26.4. The van der Waals surface area contributed by atoms with Gasteiger partial charge in [0.2, 0.25) is 0 Å². The lowest BCUT2D eigenvalue weighted by atomic mass is 9.92. The van der Waals surface area contributed by atoms with Crippen LogP contribution in [0, 0.1) is 0 Å². The smallest absolute Gasteiger partial charge is 0.0694 e. The van der Waals surface area contributed by atoms with Crippen molar-refractivity contribution < 1.29 is 0 Å². The van der Waals surface area contributed by atoms with Crippen molar-refractivity contribution in [2.24, 2.45) is 0 Å². The summed E-state index contributed by atoms with van der Waals surface area (Å²) in [7, 11) is 0. The maximum atomic E-state index is 6.20. The second-order valence-electron chi connectivity index (χ2n) is 36.7. The molecule has 112 heavy (non-hydrogen) atoms. The number of hydrogen-bond acceptors (Lipinski definition) is 2. The lowest BCUT2D eigenvalue weighted by Crippen LogP contribution is -1.95. The van der Waals surface area contributed by atoms with Crippen molar-refractivity contribution in [2.75, 3.05) is 0 Å². The van der Waals surface area contributed by atoms with Crippen LogP contribution in [-0.2, 0) is 25.7 Å².